The minimum Gasteiger partial charge on any atom is -0.489 e. The summed E-state index contributed by atoms with van der Waals surface area (Å²) in [6.07, 6.45) is 0.600. The van der Waals surface area contributed by atoms with Crippen molar-refractivity contribution in [3.63, 3.8) is 0 Å². The van der Waals surface area contributed by atoms with E-state index in [-0.39, 0.29) is 13.2 Å². The molecule has 30 heavy (non-hydrogen) atoms. The smallest absolute Gasteiger partial charge is 0.330 e. The first-order valence-electron chi connectivity index (χ1n) is 9.87. The van der Waals surface area contributed by atoms with Gasteiger partial charge in [-0.3, -0.25) is 0 Å². The summed E-state index contributed by atoms with van der Waals surface area (Å²) < 4.78 is 17.8. The quantitative estimate of drug-likeness (QED) is 0.330. The molecule has 4 heteroatoms. The maximum atomic E-state index is 11.8. The number of fused-ring (bicyclic) bond motifs is 7. The largest absolute Gasteiger partial charge is 0.489 e. The van der Waals surface area contributed by atoms with E-state index in [0.29, 0.717) is 0 Å². The number of ether oxygens (including phenoxy) is 3. The van der Waals surface area contributed by atoms with Crippen LogP contribution < -0.4 is 9.47 Å². The van der Waals surface area contributed by atoms with Crippen molar-refractivity contribution in [2.75, 3.05) is 13.2 Å². The molecule has 148 valence electrons. The van der Waals surface area contributed by atoms with Gasteiger partial charge in [0.05, 0.1) is 0 Å². The lowest BCUT2D eigenvalue weighted by Crippen LogP contribution is -2.30. The molecule has 0 fully saturated rings. The van der Waals surface area contributed by atoms with Crippen LogP contribution in [-0.4, -0.2) is 25.3 Å². The van der Waals surface area contributed by atoms with Crippen LogP contribution in [0.4, 0.5) is 0 Å². The SMILES string of the molecule is C=CC(=O)OC1COc2ccc3ccccc3c2-c2c(ccc3ccccc23)OC1. The molecule has 0 aliphatic carbocycles. The zero-order valence-electron chi connectivity index (χ0n) is 16.3. The summed E-state index contributed by atoms with van der Waals surface area (Å²) in [4.78, 5) is 11.8. The fourth-order valence-corrected chi connectivity index (χ4v) is 3.95. The van der Waals surface area contributed by atoms with Gasteiger partial charge in [0.25, 0.3) is 0 Å². The molecule has 0 atom stereocenters. The van der Waals surface area contributed by atoms with E-state index in [1.165, 1.54) is 0 Å². The Labute approximate surface area is 174 Å². The molecule has 0 radical (unpaired) electrons. The van der Waals surface area contributed by atoms with Crippen molar-refractivity contribution in [2.45, 2.75) is 6.10 Å². The van der Waals surface area contributed by atoms with Crippen LogP contribution in [0, 0.1) is 0 Å². The average molecular weight is 396 g/mol. The van der Waals surface area contributed by atoms with Gasteiger partial charge in [-0.15, -0.1) is 0 Å². The Hall–Kier alpha value is -3.79. The van der Waals surface area contributed by atoms with Gasteiger partial charge in [0.2, 0.25) is 0 Å². The van der Waals surface area contributed by atoms with E-state index in [1.807, 2.05) is 48.5 Å². The third-order valence-corrected chi connectivity index (χ3v) is 5.33. The van der Waals surface area contributed by atoms with Gasteiger partial charge in [-0.05, 0) is 33.7 Å². The number of carbonyl (C=O) groups is 1. The highest BCUT2D eigenvalue weighted by Crippen LogP contribution is 2.46. The van der Waals surface area contributed by atoms with E-state index < -0.39 is 12.1 Å². The Kier molecular flexibility index (Phi) is 4.60. The first-order valence-corrected chi connectivity index (χ1v) is 9.87. The third kappa shape index (κ3) is 3.16. The second-order valence-electron chi connectivity index (χ2n) is 7.20. The predicted molar refractivity (Wildman–Crippen MR) is 118 cm³/mol. The van der Waals surface area contributed by atoms with Gasteiger partial charge in [0.15, 0.2) is 6.10 Å². The summed E-state index contributed by atoms with van der Waals surface area (Å²) in [5.41, 5.74) is 1.96. The van der Waals surface area contributed by atoms with Crippen molar-refractivity contribution in [3.8, 4) is 22.6 Å². The highest BCUT2D eigenvalue weighted by Gasteiger charge is 2.24. The zero-order valence-corrected chi connectivity index (χ0v) is 16.3. The molecule has 5 rings (SSSR count). The molecule has 0 unspecified atom stereocenters. The van der Waals surface area contributed by atoms with Crippen molar-refractivity contribution in [2.24, 2.45) is 0 Å². The van der Waals surface area contributed by atoms with Crippen LogP contribution in [0.15, 0.2) is 85.5 Å². The minimum absolute atomic E-state index is 0.191. The number of hydrogen-bond acceptors (Lipinski definition) is 4. The molecule has 4 aromatic rings. The first kappa shape index (κ1) is 18.3. The number of rotatable bonds is 2. The van der Waals surface area contributed by atoms with Gasteiger partial charge in [-0.1, -0.05) is 67.2 Å². The summed E-state index contributed by atoms with van der Waals surface area (Å²) >= 11 is 0. The van der Waals surface area contributed by atoms with E-state index in [4.69, 9.17) is 14.2 Å². The maximum absolute atomic E-state index is 11.8. The van der Waals surface area contributed by atoms with Crippen LogP contribution in [0.2, 0.25) is 0 Å². The first-order chi connectivity index (χ1) is 14.7. The van der Waals surface area contributed by atoms with Crippen LogP contribution >= 0.6 is 0 Å². The molecular weight excluding hydrogens is 376 g/mol. The molecule has 0 saturated carbocycles. The zero-order chi connectivity index (χ0) is 20.5. The highest BCUT2D eigenvalue weighted by molar-refractivity contribution is 6.09. The second kappa shape index (κ2) is 7.56. The van der Waals surface area contributed by atoms with Crippen LogP contribution in [0.1, 0.15) is 0 Å². The number of carbonyl (C=O) groups excluding carboxylic acids is 1. The van der Waals surface area contributed by atoms with Gasteiger partial charge in [-0.25, -0.2) is 4.79 Å². The number of benzene rings is 4. The highest BCUT2D eigenvalue weighted by atomic mass is 16.6. The molecule has 1 aliphatic rings. The van der Waals surface area contributed by atoms with E-state index in [1.54, 1.807) is 0 Å². The van der Waals surface area contributed by atoms with Gasteiger partial charge in [0.1, 0.15) is 24.7 Å². The fraction of sp³-hybridized carbons (Fsp3) is 0.115. The van der Waals surface area contributed by atoms with E-state index >= 15 is 0 Å². The standard InChI is InChI=1S/C26H20O4/c1-2-24(27)30-19-15-28-22-13-11-17-7-3-5-9-20(17)25(22)26-21-10-6-4-8-18(21)12-14-23(26)29-16-19/h2-14,19H,1,15-16H2. The molecule has 0 N–H and O–H groups in total. The summed E-state index contributed by atoms with van der Waals surface area (Å²) in [6.45, 7) is 3.85. The molecule has 0 saturated heterocycles. The molecular formula is C26H20O4. The third-order valence-electron chi connectivity index (χ3n) is 5.33. The van der Waals surface area contributed by atoms with Crippen LogP contribution in [0.3, 0.4) is 0 Å². The second-order valence-corrected chi connectivity index (χ2v) is 7.20. The van der Waals surface area contributed by atoms with Crippen molar-refractivity contribution < 1.29 is 19.0 Å². The van der Waals surface area contributed by atoms with E-state index in [9.17, 15) is 4.79 Å². The molecule has 0 spiro atoms. The molecule has 1 aliphatic heterocycles. The van der Waals surface area contributed by atoms with Gasteiger partial charge >= 0.3 is 5.97 Å². The van der Waals surface area contributed by atoms with Crippen molar-refractivity contribution in [1.82, 2.24) is 0 Å². The lowest BCUT2D eigenvalue weighted by Gasteiger charge is -2.17. The van der Waals surface area contributed by atoms with Gasteiger partial charge < -0.3 is 14.2 Å². The Morgan fingerprint density at radius 2 is 1.30 bits per heavy atom. The summed E-state index contributed by atoms with van der Waals surface area (Å²) in [5, 5.41) is 4.40. The normalized spacial score (nSPS) is 13.7. The Morgan fingerprint density at radius 1 is 0.800 bits per heavy atom. The van der Waals surface area contributed by atoms with Crippen molar-refractivity contribution >= 4 is 27.5 Å². The number of hydrogen-bond donors (Lipinski definition) is 0. The molecule has 0 amide bonds. The molecule has 4 aromatic carbocycles. The predicted octanol–water partition coefficient (Wildman–Crippen LogP) is 5.53. The molecule has 4 nitrogen and oxygen atoms in total. The molecule has 1 heterocycles. The number of esters is 1. The van der Waals surface area contributed by atoms with Crippen LogP contribution in [0.5, 0.6) is 11.5 Å². The Balaban J connectivity index is 1.77. The van der Waals surface area contributed by atoms with Crippen LogP contribution in [-0.2, 0) is 9.53 Å². The summed E-state index contributed by atoms with van der Waals surface area (Å²) in [5.74, 6) is 0.969. The van der Waals surface area contributed by atoms with Gasteiger partial charge in [-0.2, -0.15) is 0 Å². The lowest BCUT2D eigenvalue weighted by molar-refractivity contribution is -0.146. The lowest BCUT2D eigenvalue weighted by atomic mass is 9.92. The topological polar surface area (TPSA) is 44.8 Å². The molecule has 0 aromatic heterocycles. The molecule has 0 bridgehead atoms. The average Bonchev–Trinajstić information content (AvgIpc) is 2.87. The summed E-state index contributed by atoms with van der Waals surface area (Å²) in [7, 11) is 0. The maximum Gasteiger partial charge on any atom is 0.330 e. The summed E-state index contributed by atoms with van der Waals surface area (Å²) in [6, 6.07) is 24.5. The fourth-order valence-electron chi connectivity index (χ4n) is 3.95. The van der Waals surface area contributed by atoms with E-state index in [0.717, 1.165) is 50.2 Å². The van der Waals surface area contributed by atoms with Gasteiger partial charge in [0, 0.05) is 17.2 Å². The minimum atomic E-state index is -0.549. The van der Waals surface area contributed by atoms with E-state index in [2.05, 4.69) is 30.8 Å². The Bertz CT molecular complexity index is 1190. The Morgan fingerprint density at radius 3 is 1.80 bits per heavy atom. The van der Waals surface area contributed by atoms with Crippen molar-refractivity contribution in [3.05, 3.63) is 85.5 Å². The van der Waals surface area contributed by atoms with Crippen LogP contribution in [0.25, 0.3) is 32.7 Å². The van der Waals surface area contributed by atoms with Crippen molar-refractivity contribution in [1.29, 1.82) is 0 Å². The monoisotopic (exact) mass is 396 g/mol.